The minimum atomic E-state index is -4.50. The summed E-state index contributed by atoms with van der Waals surface area (Å²) < 4.78 is 10.5. The van der Waals surface area contributed by atoms with Crippen molar-refractivity contribution in [2.24, 2.45) is 0 Å². The predicted molar refractivity (Wildman–Crippen MR) is 49.9 cm³/mol. The van der Waals surface area contributed by atoms with Crippen LogP contribution in [0.4, 0.5) is 0 Å². The van der Waals surface area contributed by atoms with Crippen molar-refractivity contribution in [3.8, 4) is 0 Å². The SMILES string of the molecule is C[C@H](NC(=O)[C@H](C)NP(=O)(O)O)C(=O)O. The van der Waals surface area contributed by atoms with E-state index in [9.17, 15) is 14.2 Å². The molecule has 0 spiro atoms. The lowest BCUT2D eigenvalue weighted by molar-refractivity contribution is -0.141. The second-order valence-corrected chi connectivity index (χ2v) is 4.31. The van der Waals surface area contributed by atoms with Crippen LogP contribution in [0, 0.1) is 0 Å². The average molecular weight is 240 g/mol. The normalized spacial score (nSPS) is 15.5. The van der Waals surface area contributed by atoms with Crippen LogP contribution in [0.2, 0.25) is 0 Å². The molecule has 0 radical (unpaired) electrons. The molecule has 0 aromatic carbocycles. The van der Waals surface area contributed by atoms with Gasteiger partial charge >= 0.3 is 13.7 Å². The molecule has 0 unspecified atom stereocenters. The zero-order valence-corrected chi connectivity index (χ0v) is 9.06. The van der Waals surface area contributed by atoms with E-state index in [0.717, 1.165) is 0 Å². The molecule has 15 heavy (non-hydrogen) atoms. The van der Waals surface area contributed by atoms with Crippen molar-refractivity contribution in [1.82, 2.24) is 10.4 Å². The number of rotatable bonds is 5. The summed E-state index contributed by atoms with van der Waals surface area (Å²) in [6.07, 6.45) is 0. The van der Waals surface area contributed by atoms with Crippen LogP contribution in [0.25, 0.3) is 0 Å². The number of carbonyl (C=O) groups is 2. The molecule has 88 valence electrons. The lowest BCUT2D eigenvalue weighted by Gasteiger charge is -2.16. The maximum atomic E-state index is 11.2. The van der Waals surface area contributed by atoms with E-state index in [0.29, 0.717) is 0 Å². The Kier molecular flexibility index (Phi) is 4.89. The molecular weight excluding hydrogens is 227 g/mol. The molecule has 0 heterocycles. The van der Waals surface area contributed by atoms with Gasteiger partial charge in [-0.3, -0.25) is 9.59 Å². The first-order valence-electron chi connectivity index (χ1n) is 4.00. The highest BCUT2D eigenvalue weighted by Crippen LogP contribution is 2.28. The summed E-state index contributed by atoms with van der Waals surface area (Å²) in [5.41, 5.74) is 0. The van der Waals surface area contributed by atoms with Crippen molar-refractivity contribution < 1.29 is 29.0 Å². The molecule has 0 aliphatic rings. The number of nitrogens with one attached hydrogen (secondary N) is 2. The molecule has 0 saturated carbocycles. The first-order chi connectivity index (χ1) is 6.63. The van der Waals surface area contributed by atoms with Gasteiger partial charge in [-0.1, -0.05) is 0 Å². The molecule has 0 aliphatic carbocycles. The third-order valence-electron chi connectivity index (χ3n) is 1.48. The summed E-state index contributed by atoms with van der Waals surface area (Å²) in [6.45, 7) is 2.45. The third-order valence-corrected chi connectivity index (χ3v) is 2.21. The molecule has 0 rings (SSSR count). The summed E-state index contributed by atoms with van der Waals surface area (Å²) in [5.74, 6) is -2.03. The molecule has 0 bridgehead atoms. The first-order valence-corrected chi connectivity index (χ1v) is 5.61. The Bertz CT molecular complexity index is 300. The maximum absolute atomic E-state index is 11.2. The Labute approximate surface area is 85.9 Å². The Hall–Kier alpha value is -0.950. The van der Waals surface area contributed by atoms with Crippen LogP contribution in [0.15, 0.2) is 0 Å². The molecule has 8 nitrogen and oxygen atoms in total. The highest BCUT2D eigenvalue weighted by molar-refractivity contribution is 7.49. The number of aliphatic carboxylic acids is 1. The van der Waals surface area contributed by atoms with E-state index in [1.165, 1.54) is 13.8 Å². The van der Waals surface area contributed by atoms with E-state index < -0.39 is 31.7 Å². The molecule has 5 N–H and O–H groups in total. The van der Waals surface area contributed by atoms with Gasteiger partial charge in [-0.05, 0) is 13.8 Å². The lowest BCUT2D eigenvalue weighted by atomic mass is 10.3. The van der Waals surface area contributed by atoms with Crippen molar-refractivity contribution in [3.63, 3.8) is 0 Å². The van der Waals surface area contributed by atoms with E-state index >= 15 is 0 Å². The summed E-state index contributed by atoms with van der Waals surface area (Å²) in [4.78, 5) is 38.5. The Morgan fingerprint density at radius 3 is 2.00 bits per heavy atom. The van der Waals surface area contributed by atoms with Crippen LogP contribution in [0.3, 0.4) is 0 Å². The Balaban J connectivity index is 4.23. The van der Waals surface area contributed by atoms with Crippen molar-refractivity contribution in [2.45, 2.75) is 25.9 Å². The van der Waals surface area contributed by atoms with Gasteiger partial charge in [-0.2, -0.15) is 0 Å². The molecular formula is C6H13N2O6P. The fourth-order valence-electron chi connectivity index (χ4n) is 0.711. The van der Waals surface area contributed by atoms with Crippen LogP contribution in [0.1, 0.15) is 13.8 Å². The molecule has 0 fully saturated rings. The van der Waals surface area contributed by atoms with E-state index in [-0.39, 0.29) is 0 Å². The molecule has 0 saturated heterocycles. The fourth-order valence-corrected chi connectivity index (χ4v) is 1.33. The number of carboxylic acid groups (broad SMARTS) is 1. The summed E-state index contributed by atoms with van der Waals surface area (Å²) in [5, 5.41) is 12.2. The number of carbonyl (C=O) groups excluding carboxylic acids is 1. The van der Waals surface area contributed by atoms with Crippen molar-refractivity contribution in [1.29, 1.82) is 0 Å². The van der Waals surface area contributed by atoms with Crippen LogP contribution < -0.4 is 10.4 Å². The van der Waals surface area contributed by atoms with Gasteiger partial charge in [0.15, 0.2) is 0 Å². The predicted octanol–water partition coefficient (Wildman–Crippen LogP) is -1.35. The molecule has 0 aromatic heterocycles. The van der Waals surface area contributed by atoms with Gasteiger partial charge in [0.05, 0.1) is 6.04 Å². The molecule has 0 aliphatic heterocycles. The van der Waals surface area contributed by atoms with Gasteiger partial charge in [0, 0.05) is 0 Å². The van der Waals surface area contributed by atoms with Crippen molar-refractivity contribution >= 4 is 19.6 Å². The van der Waals surface area contributed by atoms with Gasteiger partial charge in [-0.15, -0.1) is 0 Å². The summed E-state index contributed by atoms with van der Waals surface area (Å²) in [7, 11) is -4.50. The zero-order chi connectivity index (χ0) is 12.2. The number of hydrogen-bond donors (Lipinski definition) is 5. The van der Waals surface area contributed by atoms with Crippen LogP contribution in [0.5, 0.6) is 0 Å². The van der Waals surface area contributed by atoms with Gasteiger partial charge in [-0.25, -0.2) is 9.65 Å². The van der Waals surface area contributed by atoms with Crippen LogP contribution in [-0.4, -0.2) is 38.9 Å². The minimum absolute atomic E-state index is 0.798. The monoisotopic (exact) mass is 240 g/mol. The van der Waals surface area contributed by atoms with Crippen LogP contribution >= 0.6 is 7.75 Å². The molecule has 2 atom stereocenters. The third kappa shape index (κ3) is 6.19. The quantitative estimate of drug-likeness (QED) is 0.374. The lowest BCUT2D eigenvalue weighted by Crippen LogP contribution is -2.46. The van der Waals surface area contributed by atoms with E-state index in [2.05, 4.69) is 5.32 Å². The van der Waals surface area contributed by atoms with Crippen molar-refractivity contribution in [2.75, 3.05) is 0 Å². The van der Waals surface area contributed by atoms with E-state index in [1.54, 1.807) is 5.09 Å². The van der Waals surface area contributed by atoms with Gasteiger partial charge < -0.3 is 20.2 Å². The maximum Gasteiger partial charge on any atom is 0.401 e. The van der Waals surface area contributed by atoms with Gasteiger partial charge in [0.2, 0.25) is 5.91 Å². The smallest absolute Gasteiger partial charge is 0.401 e. The Morgan fingerprint density at radius 1 is 1.20 bits per heavy atom. The summed E-state index contributed by atoms with van der Waals surface area (Å²) in [6, 6.07) is -2.29. The largest absolute Gasteiger partial charge is 0.480 e. The van der Waals surface area contributed by atoms with Gasteiger partial charge in [0.25, 0.3) is 0 Å². The second kappa shape index (κ2) is 5.22. The Morgan fingerprint density at radius 2 is 1.67 bits per heavy atom. The average Bonchev–Trinajstić information content (AvgIpc) is 2.00. The van der Waals surface area contributed by atoms with Crippen molar-refractivity contribution in [3.05, 3.63) is 0 Å². The minimum Gasteiger partial charge on any atom is -0.480 e. The van der Waals surface area contributed by atoms with Crippen LogP contribution in [-0.2, 0) is 14.2 Å². The standard InChI is InChI=1S/C6H13N2O6P/c1-3(8-15(12,13)14)5(9)7-4(2)6(10)11/h3-4H,1-2H3,(H,7,9)(H,10,11)(H3,8,12,13,14)/t3-,4-/m0/s1. The second-order valence-electron chi connectivity index (χ2n) is 2.96. The molecule has 0 aromatic rings. The fraction of sp³-hybridized carbons (Fsp3) is 0.667. The topological polar surface area (TPSA) is 136 Å². The summed E-state index contributed by atoms with van der Waals surface area (Å²) >= 11 is 0. The highest BCUT2D eigenvalue weighted by Gasteiger charge is 2.24. The van der Waals surface area contributed by atoms with Gasteiger partial charge in [0.1, 0.15) is 6.04 Å². The number of carboxylic acids is 1. The number of hydrogen-bond acceptors (Lipinski definition) is 3. The molecule has 9 heteroatoms. The molecule has 1 amide bonds. The van der Waals surface area contributed by atoms with E-state index in [4.69, 9.17) is 14.9 Å². The van der Waals surface area contributed by atoms with E-state index in [1.807, 2.05) is 0 Å². The zero-order valence-electron chi connectivity index (χ0n) is 8.17. The first kappa shape index (κ1) is 14.1. The highest BCUT2D eigenvalue weighted by atomic mass is 31.2. The number of amides is 1.